The van der Waals surface area contributed by atoms with Crippen molar-refractivity contribution in [2.75, 3.05) is 49.1 Å². The van der Waals surface area contributed by atoms with E-state index in [1.807, 2.05) is 47.2 Å². The maximum atomic E-state index is 14.2. The van der Waals surface area contributed by atoms with Gasteiger partial charge in [-0.25, -0.2) is 21.6 Å². The average Bonchev–Trinajstić information content (AvgIpc) is 4.10. The lowest BCUT2D eigenvalue weighted by Crippen LogP contribution is -2.35. The zero-order valence-electron chi connectivity index (χ0n) is 35.4. The molecule has 4 aromatic rings. The van der Waals surface area contributed by atoms with Gasteiger partial charge in [0.15, 0.2) is 0 Å². The van der Waals surface area contributed by atoms with Crippen LogP contribution in [0.5, 0.6) is 0 Å². The minimum absolute atomic E-state index is 0.0286. The van der Waals surface area contributed by atoms with Gasteiger partial charge in [0, 0.05) is 71.7 Å². The van der Waals surface area contributed by atoms with Crippen LogP contribution in [0.2, 0.25) is 5.02 Å². The highest BCUT2D eigenvalue weighted by Crippen LogP contribution is 2.37. The minimum atomic E-state index is -6.05. The number of hydrogen-bond donors (Lipinski definition) is 4. The molecule has 0 spiro atoms. The van der Waals surface area contributed by atoms with Gasteiger partial charge in [0.05, 0.1) is 10.6 Å². The van der Waals surface area contributed by atoms with Crippen LogP contribution in [0, 0.1) is 5.92 Å². The molecule has 1 amide bonds. The molecule has 340 valence electrons. The van der Waals surface area contributed by atoms with Crippen LogP contribution in [0.3, 0.4) is 0 Å². The molecular weight excluding hydrogens is 891 g/mol. The summed E-state index contributed by atoms with van der Waals surface area (Å²) in [5.41, 5.74) is -1.54. The van der Waals surface area contributed by atoms with Gasteiger partial charge in [-0.1, -0.05) is 61.4 Å². The van der Waals surface area contributed by atoms with Crippen LogP contribution in [0.4, 0.5) is 24.5 Å². The van der Waals surface area contributed by atoms with E-state index in [9.17, 15) is 34.8 Å². The Labute approximate surface area is 378 Å². The van der Waals surface area contributed by atoms with Crippen molar-refractivity contribution in [3.05, 3.63) is 119 Å². The molecule has 0 radical (unpaired) electrons. The van der Waals surface area contributed by atoms with Gasteiger partial charge in [0.2, 0.25) is 0 Å². The Balaban J connectivity index is 1.11. The molecule has 0 saturated heterocycles. The molecule has 1 atom stereocenters. The predicted molar refractivity (Wildman–Crippen MR) is 248 cm³/mol. The largest absolute Gasteiger partial charge is 0.501 e. The first-order valence-electron chi connectivity index (χ1n) is 21.2. The minimum Gasteiger partial charge on any atom is -0.384 e. The number of carbonyl (C=O) groups excluding carboxylic acids is 1. The fourth-order valence-corrected chi connectivity index (χ4v) is 10.7. The van der Waals surface area contributed by atoms with E-state index in [1.165, 1.54) is 40.6 Å². The third-order valence-corrected chi connectivity index (χ3v) is 15.2. The number of sulfonamides is 1. The van der Waals surface area contributed by atoms with Crippen molar-refractivity contribution in [3.63, 3.8) is 0 Å². The number of amides is 1. The van der Waals surface area contributed by atoms with E-state index in [4.69, 9.17) is 11.6 Å². The Hall–Kier alpha value is -4.06. The molecule has 17 heteroatoms. The van der Waals surface area contributed by atoms with Crippen LogP contribution in [-0.2, 0) is 19.9 Å². The van der Waals surface area contributed by atoms with Crippen LogP contribution in [-0.4, -0.2) is 83.7 Å². The summed E-state index contributed by atoms with van der Waals surface area (Å²) in [6.45, 7) is 7.70. The zero-order valence-corrected chi connectivity index (χ0v) is 38.6. The molecule has 2 aliphatic carbocycles. The fraction of sp³-hybridized carbons (Fsp3) is 0.413. The summed E-state index contributed by atoms with van der Waals surface area (Å²) < 4.78 is 97.6. The van der Waals surface area contributed by atoms with Crippen LogP contribution >= 0.6 is 23.4 Å². The molecule has 10 nitrogen and oxygen atoms in total. The van der Waals surface area contributed by atoms with Crippen molar-refractivity contribution in [2.24, 2.45) is 5.92 Å². The third-order valence-electron chi connectivity index (χ3n) is 11.0. The van der Waals surface area contributed by atoms with Crippen molar-refractivity contribution in [3.8, 4) is 0 Å². The molecular formula is C46H55ClF3N5O5S3. The van der Waals surface area contributed by atoms with Gasteiger partial charge in [0.1, 0.15) is 4.90 Å². The smallest absolute Gasteiger partial charge is 0.384 e. The normalized spacial score (nSPS) is 15.4. The van der Waals surface area contributed by atoms with Crippen LogP contribution < -0.4 is 20.7 Å². The molecule has 0 unspecified atom stereocenters. The summed E-state index contributed by atoms with van der Waals surface area (Å²) >= 11 is 7.56. The molecule has 1 fully saturated rings. The average molecular weight is 947 g/mol. The van der Waals surface area contributed by atoms with E-state index < -0.39 is 47.1 Å². The van der Waals surface area contributed by atoms with Gasteiger partial charge in [0.25, 0.3) is 25.8 Å². The first-order valence-corrected chi connectivity index (χ1v) is 25.6. The van der Waals surface area contributed by atoms with E-state index in [1.54, 1.807) is 12.1 Å². The van der Waals surface area contributed by atoms with Gasteiger partial charge in [-0.3, -0.25) is 4.79 Å². The lowest BCUT2D eigenvalue weighted by molar-refractivity contribution is -0.0435. The second-order valence-electron chi connectivity index (χ2n) is 16.4. The quantitative estimate of drug-likeness (QED) is 0.0446. The Bertz CT molecular complexity index is 2420. The number of nitrogens with zero attached hydrogens (tertiary/aromatic N) is 1. The van der Waals surface area contributed by atoms with Crippen molar-refractivity contribution in [1.29, 1.82) is 0 Å². The van der Waals surface area contributed by atoms with E-state index in [0.717, 1.165) is 68.6 Å². The summed E-state index contributed by atoms with van der Waals surface area (Å²) in [4.78, 5) is 14.4. The van der Waals surface area contributed by atoms with Crippen molar-refractivity contribution in [1.82, 2.24) is 14.9 Å². The first kappa shape index (κ1) is 48.4. The van der Waals surface area contributed by atoms with Crippen molar-refractivity contribution in [2.45, 2.75) is 91.1 Å². The van der Waals surface area contributed by atoms with Crippen LogP contribution in [0.15, 0.2) is 117 Å². The zero-order chi connectivity index (χ0) is 45.2. The first-order chi connectivity index (χ1) is 30.0. The molecule has 0 aromatic heterocycles. The van der Waals surface area contributed by atoms with Gasteiger partial charge in [-0.2, -0.15) is 13.2 Å². The number of thioether (sulfide) groups is 1. The lowest BCUT2D eigenvalue weighted by Gasteiger charge is -2.28. The Morgan fingerprint density at radius 3 is 2.25 bits per heavy atom. The van der Waals surface area contributed by atoms with E-state index in [-0.39, 0.29) is 11.3 Å². The summed E-state index contributed by atoms with van der Waals surface area (Å²) in [5, 5.41) is 10.5. The number of anilines is 2. The highest BCUT2D eigenvalue weighted by molar-refractivity contribution is 7.99. The molecule has 4 aromatic carbocycles. The molecule has 6 rings (SSSR count). The number of carbonyl (C=O) groups is 1. The van der Waals surface area contributed by atoms with Crippen molar-refractivity contribution >= 4 is 66.1 Å². The second kappa shape index (κ2) is 21.7. The molecule has 4 N–H and O–H groups in total. The summed E-state index contributed by atoms with van der Waals surface area (Å²) in [6.07, 6.45) is 6.97. The SMILES string of the molecule is CC(C)CN(CC[C@H](CSc1ccccc1)Nc1ccc(S(=O)(=O)NC(=O)c2ccc(NCCNCC3=C(c4ccc(Cl)cc4)CCCC3)cc2)cc1S(=O)(=O)C(F)(F)F)C1CC1. The summed E-state index contributed by atoms with van der Waals surface area (Å²) in [6, 6.07) is 25.8. The van der Waals surface area contributed by atoms with E-state index >= 15 is 0 Å². The Morgan fingerprint density at radius 1 is 0.889 bits per heavy atom. The molecule has 63 heavy (non-hydrogen) atoms. The number of hydrogen-bond acceptors (Lipinski definition) is 10. The predicted octanol–water partition coefficient (Wildman–Crippen LogP) is 9.86. The fourth-order valence-electron chi connectivity index (χ4n) is 7.60. The number of alkyl halides is 3. The second-order valence-corrected chi connectivity index (χ2v) is 21.5. The van der Waals surface area contributed by atoms with Crippen molar-refractivity contribution < 1.29 is 34.8 Å². The van der Waals surface area contributed by atoms with Crippen LogP contribution in [0.25, 0.3) is 5.57 Å². The van der Waals surface area contributed by atoms with Gasteiger partial charge >= 0.3 is 5.51 Å². The highest BCUT2D eigenvalue weighted by atomic mass is 35.5. The third kappa shape index (κ3) is 13.7. The maximum Gasteiger partial charge on any atom is 0.501 e. The van der Waals surface area contributed by atoms with E-state index in [0.29, 0.717) is 60.5 Å². The summed E-state index contributed by atoms with van der Waals surface area (Å²) in [7, 11) is -10.9. The lowest BCUT2D eigenvalue weighted by atomic mass is 9.87. The van der Waals surface area contributed by atoms with Gasteiger partial charge in [-0.05, 0) is 129 Å². The highest BCUT2D eigenvalue weighted by Gasteiger charge is 2.48. The van der Waals surface area contributed by atoms with E-state index in [2.05, 4.69) is 46.8 Å². The molecule has 0 heterocycles. The maximum absolute atomic E-state index is 14.2. The number of sulfone groups is 1. The number of benzene rings is 4. The number of halogens is 4. The standard InChI is InChI=1S/C46H55ClF3N5O5S3/c1-32(2)30-55(39-20-21-39)27-24-38(31-61-40-9-4-3-5-10-40)53-43-23-22-41(28-44(43)62(57,58)46(48,49)50)63(59,60)54-45(56)34-14-18-37(19-15-34)52-26-25-51-29-35-8-6-7-11-42(35)33-12-16-36(47)17-13-33/h3-5,9-10,12-19,22-23,28,32,38-39,51-53H,6-8,11,20-21,24-27,29-31H2,1-2H3,(H,54,56)/t38-/m1/s1. The Kier molecular flexibility index (Phi) is 16.7. The Morgan fingerprint density at radius 2 is 1.59 bits per heavy atom. The number of nitrogens with one attached hydrogen (secondary N) is 4. The van der Waals surface area contributed by atoms with Gasteiger partial charge in [-0.15, -0.1) is 11.8 Å². The monoisotopic (exact) mass is 945 g/mol. The van der Waals surface area contributed by atoms with Gasteiger partial charge < -0.3 is 20.9 Å². The number of allylic oxidation sites excluding steroid dienone is 1. The van der Waals surface area contributed by atoms with Crippen LogP contribution in [0.1, 0.15) is 74.7 Å². The summed E-state index contributed by atoms with van der Waals surface area (Å²) in [5.74, 6) is -0.251. The molecule has 0 bridgehead atoms. The molecule has 0 aliphatic heterocycles. The topological polar surface area (TPSA) is 137 Å². The molecule has 1 saturated carbocycles. The molecule has 2 aliphatic rings. The number of rotatable bonds is 22.